The Kier molecular flexibility index (Phi) is 2.84. The van der Waals surface area contributed by atoms with Gasteiger partial charge in [0.1, 0.15) is 0 Å². The van der Waals surface area contributed by atoms with E-state index in [1.165, 1.54) is 0 Å². The van der Waals surface area contributed by atoms with Gasteiger partial charge in [-0.3, -0.25) is 4.79 Å². The van der Waals surface area contributed by atoms with Gasteiger partial charge in [-0.15, -0.1) is 0 Å². The first-order valence-corrected chi connectivity index (χ1v) is 3.86. The van der Waals surface area contributed by atoms with E-state index < -0.39 is 11.9 Å². The van der Waals surface area contributed by atoms with Crippen molar-refractivity contribution in [2.75, 3.05) is 6.61 Å². The fourth-order valence-corrected chi connectivity index (χ4v) is 0.739. The zero-order valence-electron chi connectivity index (χ0n) is 6.45. The highest BCUT2D eigenvalue weighted by atomic mass is 16.5. The minimum Gasteiger partial charge on any atom is -0.378 e. The zero-order valence-corrected chi connectivity index (χ0v) is 6.45. The highest BCUT2D eigenvalue weighted by molar-refractivity contribution is 5.79. The van der Waals surface area contributed by atoms with Crippen LogP contribution in [0, 0.1) is 0 Å². The monoisotopic (exact) mass is 158 g/mol. The summed E-state index contributed by atoms with van der Waals surface area (Å²) in [5, 5.41) is 0. The zero-order chi connectivity index (χ0) is 8.27. The van der Waals surface area contributed by atoms with Crippen LogP contribution in [0.25, 0.3) is 0 Å². The molecule has 0 saturated heterocycles. The second-order valence-corrected chi connectivity index (χ2v) is 2.87. The summed E-state index contributed by atoms with van der Waals surface area (Å²) < 4.78 is 5.29. The third-order valence-electron chi connectivity index (χ3n) is 1.67. The molecular weight excluding hydrogens is 144 g/mol. The van der Waals surface area contributed by atoms with Gasteiger partial charge >= 0.3 is 0 Å². The Hall–Kier alpha value is -0.610. The van der Waals surface area contributed by atoms with Gasteiger partial charge in [-0.25, -0.2) is 0 Å². The minimum absolute atomic E-state index is 0.426. The third-order valence-corrected chi connectivity index (χ3v) is 1.67. The van der Waals surface area contributed by atoms with Crippen LogP contribution in [-0.2, 0) is 9.53 Å². The highest BCUT2D eigenvalue weighted by Gasteiger charge is 2.22. The quantitative estimate of drug-likeness (QED) is 0.559. The van der Waals surface area contributed by atoms with Crippen LogP contribution in [0.5, 0.6) is 0 Å². The molecule has 1 atom stereocenters. The van der Waals surface area contributed by atoms with E-state index in [1.807, 2.05) is 0 Å². The Labute approximate surface area is 65.9 Å². The fraction of sp³-hybridized carbons (Fsp3) is 0.857. The normalized spacial score (nSPS) is 19.7. The molecule has 0 aromatic rings. The Morgan fingerprint density at radius 2 is 2.27 bits per heavy atom. The van der Waals surface area contributed by atoms with E-state index in [0.717, 1.165) is 12.8 Å². The molecule has 0 radical (unpaired) electrons. The molecule has 0 aromatic carbocycles. The van der Waals surface area contributed by atoms with Crippen molar-refractivity contribution in [3.63, 3.8) is 0 Å². The Balaban J connectivity index is 1.96. The van der Waals surface area contributed by atoms with Crippen molar-refractivity contribution in [1.29, 1.82) is 0 Å². The number of hydrogen-bond acceptors (Lipinski definition) is 3. The van der Waals surface area contributed by atoms with Crippen molar-refractivity contribution < 1.29 is 9.53 Å². The number of primary amides is 1. The van der Waals surface area contributed by atoms with Gasteiger partial charge in [-0.05, 0) is 19.3 Å². The number of carbonyl (C=O) groups excluding carboxylic acids is 1. The number of ether oxygens (including phenoxy) is 1. The Bertz CT molecular complexity index is 145. The lowest BCUT2D eigenvalue weighted by atomic mass is 10.2. The number of amides is 1. The average Bonchev–Trinajstić information content (AvgIpc) is 2.71. The first kappa shape index (κ1) is 8.49. The lowest BCUT2D eigenvalue weighted by Crippen LogP contribution is -2.37. The second-order valence-electron chi connectivity index (χ2n) is 2.87. The average molecular weight is 158 g/mol. The van der Waals surface area contributed by atoms with E-state index in [9.17, 15) is 4.79 Å². The van der Waals surface area contributed by atoms with Crippen LogP contribution in [-0.4, -0.2) is 24.7 Å². The summed E-state index contributed by atoms with van der Waals surface area (Å²) in [4.78, 5) is 10.4. The third kappa shape index (κ3) is 3.34. The summed E-state index contributed by atoms with van der Waals surface area (Å²) in [6.07, 6.45) is 3.25. The molecule has 64 valence electrons. The molecule has 1 amide bonds. The predicted octanol–water partition coefficient (Wildman–Crippen LogP) is -0.632. The smallest absolute Gasteiger partial charge is 0.234 e. The maximum absolute atomic E-state index is 10.4. The molecule has 1 fully saturated rings. The number of nitrogens with two attached hydrogens (primary N) is 2. The van der Waals surface area contributed by atoms with E-state index in [0.29, 0.717) is 19.1 Å². The van der Waals surface area contributed by atoms with Crippen LogP contribution in [0.3, 0.4) is 0 Å². The van der Waals surface area contributed by atoms with E-state index in [-0.39, 0.29) is 0 Å². The van der Waals surface area contributed by atoms with Crippen LogP contribution in [0.1, 0.15) is 19.3 Å². The standard InChI is InChI=1S/C7H14N2O2/c8-6(7(9)10)3-4-11-5-1-2-5/h5-6H,1-4,8H2,(H2,9,10). The minimum atomic E-state index is -0.547. The summed E-state index contributed by atoms with van der Waals surface area (Å²) >= 11 is 0. The maximum Gasteiger partial charge on any atom is 0.234 e. The summed E-state index contributed by atoms with van der Waals surface area (Å²) in [6.45, 7) is 0.550. The van der Waals surface area contributed by atoms with Crippen molar-refractivity contribution in [3.05, 3.63) is 0 Å². The van der Waals surface area contributed by atoms with Crippen LogP contribution in [0.4, 0.5) is 0 Å². The van der Waals surface area contributed by atoms with Gasteiger partial charge in [0.25, 0.3) is 0 Å². The SMILES string of the molecule is NC(=O)C(N)CCOC1CC1. The van der Waals surface area contributed by atoms with Gasteiger partial charge < -0.3 is 16.2 Å². The molecule has 11 heavy (non-hydrogen) atoms. The summed E-state index contributed by atoms with van der Waals surface area (Å²) in [6, 6.07) is -0.547. The van der Waals surface area contributed by atoms with Gasteiger partial charge in [0.05, 0.1) is 12.1 Å². The second kappa shape index (κ2) is 3.69. The highest BCUT2D eigenvalue weighted by Crippen LogP contribution is 2.23. The molecule has 0 heterocycles. The molecule has 4 N–H and O–H groups in total. The number of rotatable bonds is 5. The molecule has 1 rings (SSSR count). The largest absolute Gasteiger partial charge is 0.378 e. The Morgan fingerprint density at radius 1 is 1.64 bits per heavy atom. The molecule has 1 unspecified atom stereocenters. The van der Waals surface area contributed by atoms with Crippen molar-refractivity contribution in [3.8, 4) is 0 Å². The molecular formula is C7H14N2O2. The van der Waals surface area contributed by atoms with Gasteiger partial charge in [0, 0.05) is 6.61 Å². The van der Waals surface area contributed by atoms with Gasteiger partial charge in [0.2, 0.25) is 5.91 Å². The van der Waals surface area contributed by atoms with Crippen LogP contribution in [0.15, 0.2) is 0 Å². The first-order chi connectivity index (χ1) is 5.20. The van der Waals surface area contributed by atoms with Gasteiger partial charge in [-0.2, -0.15) is 0 Å². The van der Waals surface area contributed by atoms with Crippen molar-refractivity contribution in [2.24, 2.45) is 11.5 Å². The predicted molar refractivity (Wildman–Crippen MR) is 40.8 cm³/mol. The van der Waals surface area contributed by atoms with Gasteiger partial charge in [-0.1, -0.05) is 0 Å². The molecule has 1 saturated carbocycles. The Morgan fingerprint density at radius 3 is 2.73 bits per heavy atom. The van der Waals surface area contributed by atoms with E-state index in [1.54, 1.807) is 0 Å². The van der Waals surface area contributed by atoms with Crippen LogP contribution < -0.4 is 11.5 Å². The van der Waals surface area contributed by atoms with Crippen LogP contribution in [0.2, 0.25) is 0 Å². The van der Waals surface area contributed by atoms with E-state index in [4.69, 9.17) is 16.2 Å². The summed E-state index contributed by atoms with van der Waals surface area (Å²) in [5.74, 6) is -0.454. The van der Waals surface area contributed by atoms with Crippen molar-refractivity contribution >= 4 is 5.91 Å². The molecule has 0 aromatic heterocycles. The molecule has 0 spiro atoms. The maximum atomic E-state index is 10.4. The summed E-state index contributed by atoms with van der Waals surface area (Å²) in [5.41, 5.74) is 10.3. The summed E-state index contributed by atoms with van der Waals surface area (Å²) in [7, 11) is 0. The molecule has 0 aliphatic heterocycles. The van der Waals surface area contributed by atoms with Crippen molar-refractivity contribution in [2.45, 2.75) is 31.4 Å². The number of hydrogen-bond donors (Lipinski definition) is 2. The number of carbonyl (C=O) groups is 1. The fourth-order valence-electron chi connectivity index (χ4n) is 0.739. The van der Waals surface area contributed by atoms with Gasteiger partial charge in [0.15, 0.2) is 0 Å². The molecule has 0 bridgehead atoms. The van der Waals surface area contributed by atoms with E-state index in [2.05, 4.69) is 0 Å². The molecule has 1 aliphatic rings. The molecule has 4 heteroatoms. The topological polar surface area (TPSA) is 78.3 Å². The van der Waals surface area contributed by atoms with Crippen molar-refractivity contribution in [1.82, 2.24) is 0 Å². The van der Waals surface area contributed by atoms with Crippen LogP contribution >= 0.6 is 0 Å². The lowest BCUT2D eigenvalue weighted by Gasteiger charge is -2.06. The molecule has 4 nitrogen and oxygen atoms in total. The first-order valence-electron chi connectivity index (χ1n) is 3.86. The molecule has 1 aliphatic carbocycles. The van der Waals surface area contributed by atoms with E-state index >= 15 is 0 Å². The lowest BCUT2D eigenvalue weighted by molar-refractivity contribution is -0.119.